The molecule has 0 saturated heterocycles. The summed E-state index contributed by atoms with van der Waals surface area (Å²) in [5.41, 5.74) is 0. The van der Waals surface area contributed by atoms with E-state index in [1.165, 1.54) is 19.5 Å². The van der Waals surface area contributed by atoms with Gasteiger partial charge >= 0.3 is 0 Å². The second-order valence-electron chi connectivity index (χ2n) is 3.73. The van der Waals surface area contributed by atoms with Crippen LogP contribution in [0.2, 0.25) is 0 Å². The van der Waals surface area contributed by atoms with Gasteiger partial charge in [-0.2, -0.15) is 0 Å². The maximum atomic E-state index is 2.76. The molecule has 0 rings (SSSR count). The second-order valence-corrected chi connectivity index (χ2v) is 23.5. The van der Waals surface area contributed by atoms with Gasteiger partial charge in [-0.25, -0.2) is 0 Å². The zero-order chi connectivity index (χ0) is 8.31. The molecule has 0 aliphatic rings. The molecule has 1 nitrogen and oxygen atoms in total. The summed E-state index contributed by atoms with van der Waals surface area (Å²) in [6, 6.07) is 1.60. The normalized spacial score (nSPS) is 15.9. The fraction of sp³-hybridized carbons (Fsp3) is 1.00. The SMILES string of the molecule is CC(C)N(C(C)C)[SiH]([SiH3])[SiH3]. The summed E-state index contributed by atoms with van der Waals surface area (Å²) in [5, 5.41) is 0. The molecule has 0 heterocycles. The zero-order valence-corrected chi connectivity index (χ0v) is 13.3. The largest absolute Gasteiger partial charge is 0.328 e. The number of hydrogen-bond acceptors (Lipinski definition) is 1. The molecule has 0 aliphatic heterocycles. The van der Waals surface area contributed by atoms with E-state index in [0.717, 1.165) is 12.1 Å². The molecule has 0 bridgehead atoms. The summed E-state index contributed by atoms with van der Waals surface area (Å²) in [6.45, 7) is 9.32. The summed E-state index contributed by atoms with van der Waals surface area (Å²) in [7, 11) is 2.66. The molecule has 0 unspecified atom stereocenters. The summed E-state index contributed by atoms with van der Waals surface area (Å²) in [5.74, 6) is 0. The number of rotatable bonds is 3. The van der Waals surface area contributed by atoms with Gasteiger partial charge in [-0.05, 0) is 12.1 Å². The molecule has 0 saturated carbocycles. The minimum Gasteiger partial charge on any atom is -0.328 e. The van der Waals surface area contributed by atoms with Gasteiger partial charge in [0, 0.05) is 19.5 Å². The Hall–Kier alpha value is 0.611. The zero-order valence-electron chi connectivity index (χ0n) is 8.18. The first-order valence-electron chi connectivity index (χ1n) is 4.24. The molecular weight excluding hydrogens is 170 g/mol. The Morgan fingerprint density at radius 1 is 1.00 bits per heavy atom. The number of hydrogen-bond donors (Lipinski definition) is 0. The summed E-state index contributed by atoms with van der Waals surface area (Å²) in [4.78, 5) is 0. The fourth-order valence-corrected chi connectivity index (χ4v) is 11.3. The van der Waals surface area contributed by atoms with E-state index in [1.807, 2.05) is 0 Å². The van der Waals surface area contributed by atoms with Crippen LogP contribution < -0.4 is 0 Å². The molecule has 0 atom stereocenters. The molecule has 0 aromatic rings. The van der Waals surface area contributed by atoms with Gasteiger partial charge in [0.1, 0.15) is 0 Å². The van der Waals surface area contributed by atoms with Gasteiger partial charge < -0.3 is 4.57 Å². The van der Waals surface area contributed by atoms with Crippen LogP contribution in [0.3, 0.4) is 0 Å². The predicted octanol–water partition coefficient (Wildman–Crippen LogP) is -1.45. The van der Waals surface area contributed by atoms with Crippen molar-refractivity contribution in [2.24, 2.45) is 0 Å². The molecule has 0 aliphatic carbocycles. The average molecular weight is 191 g/mol. The van der Waals surface area contributed by atoms with Crippen LogP contribution in [0.15, 0.2) is 0 Å². The molecule has 0 radical (unpaired) electrons. The van der Waals surface area contributed by atoms with Gasteiger partial charge in [0.15, 0.2) is 0 Å². The standard InChI is InChI=1S/C6H21NSi3/c1-5(2)7(6(3)4)10(8)9/h5-6,10H,1-4,8-9H3. The van der Waals surface area contributed by atoms with Gasteiger partial charge in [0.2, 0.25) is 0 Å². The molecule has 0 aromatic carbocycles. The monoisotopic (exact) mass is 191 g/mol. The van der Waals surface area contributed by atoms with Crippen LogP contribution in [-0.2, 0) is 0 Å². The molecule has 0 fully saturated rings. The van der Waals surface area contributed by atoms with Gasteiger partial charge in [-0.3, -0.25) is 0 Å². The third-order valence-corrected chi connectivity index (χ3v) is 7.75. The molecule has 0 amide bonds. The highest BCUT2D eigenvalue weighted by molar-refractivity contribution is 7.27. The van der Waals surface area contributed by atoms with E-state index in [-0.39, 0.29) is 7.99 Å². The van der Waals surface area contributed by atoms with Crippen molar-refractivity contribution >= 4 is 27.5 Å². The lowest BCUT2D eigenvalue weighted by Crippen LogP contribution is -2.49. The van der Waals surface area contributed by atoms with Crippen LogP contribution >= 0.6 is 0 Å². The maximum absolute atomic E-state index is 2.76. The smallest absolute Gasteiger partial charge is 0.0734 e. The van der Waals surface area contributed by atoms with Crippen LogP contribution in [-0.4, -0.2) is 44.2 Å². The van der Waals surface area contributed by atoms with Gasteiger partial charge in [0.25, 0.3) is 0 Å². The van der Waals surface area contributed by atoms with Crippen molar-refractivity contribution in [1.29, 1.82) is 0 Å². The van der Waals surface area contributed by atoms with Gasteiger partial charge in [-0.15, -0.1) is 0 Å². The third-order valence-electron chi connectivity index (χ3n) is 1.79. The molecule has 0 spiro atoms. The van der Waals surface area contributed by atoms with E-state index < -0.39 is 0 Å². The Morgan fingerprint density at radius 2 is 1.30 bits per heavy atom. The van der Waals surface area contributed by atoms with E-state index in [2.05, 4.69) is 32.3 Å². The Morgan fingerprint density at radius 3 is 1.30 bits per heavy atom. The number of nitrogens with zero attached hydrogens (tertiary/aromatic N) is 1. The van der Waals surface area contributed by atoms with Crippen molar-refractivity contribution < 1.29 is 0 Å². The van der Waals surface area contributed by atoms with Crippen LogP contribution in [0.1, 0.15) is 27.7 Å². The van der Waals surface area contributed by atoms with E-state index >= 15 is 0 Å². The highest BCUT2D eigenvalue weighted by atomic mass is 29.5. The second kappa shape index (κ2) is 4.48. The van der Waals surface area contributed by atoms with Crippen molar-refractivity contribution in [2.75, 3.05) is 0 Å². The van der Waals surface area contributed by atoms with Gasteiger partial charge in [0.05, 0.1) is 7.99 Å². The summed E-state index contributed by atoms with van der Waals surface area (Å²) < 4.78 is 2.76. The van der Waals surface area contributed by atoms with Crippen LogP contribution in [0.5, 0.6) is 0 Å². The molecule has 4 heteroatoms. The lowest BCUT2D eigenvalue weighted by molar-refractivity contribution is 0.314. The van der Waals surface area contributed by atoms with Crippen molar-refractivity contribution in [3.05, 3.63) is 0 Å². The first-order valence-corrected chi connectivity index (χ1v) is 14.0. The Balaban J connectivity index is 3.98. The van der Waals surface area contributed by atoms with Crippen molar-refractivity contribution in [2.45, 2.75) is 39.8 Å². The Kier molecular flexibility index (Phi) is 4.75. The van der Waals surface area contributed by atoms with E-state index in [0.29, 0.717) is 0 Å². The molecular formula is C6H21NSi3. The molecule has 0 aromatic heterocycles. The predicted molar refractivity (Wildman–Crippen MR) is 59.1 cm³/mol. The average Bonchev–Trinajstić information content (AvgIpc) is 1.59. The van der Waals surface area contributed by atoms with Crippen molar-refractivity contribution in [1.82, 2.24) is 4.57 Å². The van der Waals surface area contributed by atoms with E-state index in [9.17, 15) is 0 Å². The van der Waals surface area contributed by atoms with Crippen molar-refractivity contribution in [3.63, 3.8) is 0 Å². The minimum atomic E-state index is -0.290. The Labute approximate surface area is 72.3 Å². The van der Waals surface area contributed by atoms with Gasteiger partial charge in [-0.1, -0.05) is 27.7 Å². The third kappa shape index (κ3) is 3.14. The van der Waals surface area contributed by atoms with E-state index in [1.54, 1.807) is 0 Å². The first-order chi connectivity index (χ1) is 4.46. The van der Waals surface area contributed by atoms with E-state index in [4.69, 9.17) is 0 Å². The topological polar surface area (TPSA) is 3.24 Å². The first kappa shape index (κ1) is 10.6. The highest BCUT2D eigenvalue weighted by Crippen LogP contribution is 2.03. The molecule has 10 heavy (non-hydrogen) atoms. The van der Waals surface area contributed by atoms with Crippen LogP contribution in [0, 0.1) is 0 Å². The lowest BCUT2D eigenvalue weighted by atomic mass is 10.3. The van der Waals surface area contributed by atoms with Crippen LogP contribution in [0.25, 0.3) is 0 Å². The maximum Gasteiger partial charge on any atom is 0.0734 e. The molecule has 62 valence electrons. The Bertz CT molecular complexity index is 74.0. The highest BCUT2D eigenvalue weighted by Gasteiger charge is 2.16. The quantitative estimate of drug-likeness (QED) is 0.494. The van der Waals surface area contributed by atoms with Crippen molar-refractivity contribution in [3.8, 4) is 0 Å². The fourth-order valence-electron chi connectivity index (χ4n) is 1.79. The molecule has 0 N–H and O–H groups in total. The summed E-state index contributed by atoms with van der Waals surface area (Å²) >= 11 is 0. The van der Waals surface area contributed by atoms with Crippen LogP contribution in [0.4, 0.5) is 0 Å². The minimum absolute atomic E-state index is 0.290. The lowest BCUT2D eigenvalue weighted by Gasteiger charge is -2.34. The summed E-state index contributed by atoms with van der Waals surface area (Å²) in [6.07, 6.45) is 0.